The number of rotatable bonds is 8. The number of esters is 1. The highest BCUT2D eigenvalue weighted by Gasteiger charge is 2.34. The van der Waals surface area contributed by atoms with Crippen LogP contribution in [0.1, 0.15) is 29.1 Å². The Morgan fingerprint density at radius 1 is 1.32 bits per heavy atom. The standard InChI is InChI=1S/C21H18ClN5O7/c1-33-21(30)12-8-16(27(31)32)20(29)25(9-12)11-18(28)26(13-6-7-13)10-17-23-24-19(34-17)14-4-2-3-5-15(14)22/h2-5,8-9,13H,6-7,10-11H2,1H3. The SMILES string of the molecule is COC(=O)c1cc([N+](=O)[O-])c(=O)n(CC(=O)N(Cc2nnc(-c3ccccc3Cl)o2)C2CC2)c1. The summed E-state index contributed by atoms with van der Waals surface area (Å²) < 4.78 is 11.1. The monoisotopic (exact) mass is 487 g/mol. The molecule has 13 heteroatoms. The van der Waals surface area contributed by atoms with Gasteiger partial charge < -0.3 is 14.1 Å². The quantitative estimate of drug-likeness (QED) is 0.265. The molecule has 3 aromatic rings. The van der Waals surface area contributed by atoms with E-state index >= 15 is 0 Å². The van der Waals surface area contributed by atoms with Crippen LogP contribution in [-0.4, -0.2) is 49.6 Å². The Hall–Kier alpha value is -4.06. The summed E-state index contributed by atoms with van der Waals surface area (Å²) in [5, 5.41) is 19.7. The zero-order chi connectivity index (χ0) is 24.4. The largest absolute Gasteiger partial charge is 0.465 e. The van der Waals surface area contributed by atoms with Crippen molar-refractivity contribution in [3.8, 4) is 11.5 Å². The molecule has 0 spiro atoms. The number of nitro groups is 1. The molecule has 1 fully saturated rings. The highest BCUT2D eigenvalue weighted by molar-refractivity contribution is 6.33. The molecule has 4 rings (SSSR count). The summed E-state index contributed by atoms with van der Waals surface area (Å²) in [4.78, 5) is 49.3. The Labute approximate surface area is 196 Å². The van der Waals surface area contributed by atoms with Crippen molar-refractivity contribution >= 4 is 29.2 Å². The van der Waals surface area contributed by atoms with E-state index in [9.17, 15) is 24.5 Å². The maximum atomic E-state index is 13.1. The zero-order valence-corrected chi connectivity index (χ0v) is 18.6. The number of ether oxygens (including phenoxy) is 1. The van der Waals surface area contributed by atoms with Gasteiger partial charge in [-0.15, -0.1) is 10.2 Å². The van der Waals surface area contributed by atoms with E-state index in [1.54, 1.807) is 24.3 Å². The molecule has 2 aromatic heterocycles. The van der Waals surface area contributed by atoms with Gasteiger partial charge in [-0.3, -0.25) is 24.3 Å². The van der Waals surface area contributed by atoms with Crippen LogP contribution in [0.4, 0.5) is 5.69 Å². The van der Waals surface area contributed by atoms with Gasteiger partial charge in [0, 0.05) is 18.3 Å². The van der Waals surface area contributed by atoms with Crippen LogP contribution in [0.5, 0.6) is 0 Å². The Bertz CT molecular complexity index is 1330. The third kappa shape index (κ3) is 4.81. The second-order valence-corrected chi connectivity index (χ2v) is 7.94. The van der Waals surface area contributed by atoms with Crippen LogP contribution >= 0.6 is 11.6 Å². The molecule has 0 atom stereocenters. The van der Waals surface area contributed by atoms with Gasteiger partial charge in [-0.25, -0.2) is 4.79 Å². The average Bonchev–Trinajstić information content (AvgIpc) is 3.55. The van der Waals surface area contributed by atoms with Gasteiger partial charge in [0.15, 0.2) is 0 Å². The molecule has 2 heterocycles. The first kappa shape index (κ1) is 23.1. The van der Waals surface area contributed by atoms with Crippen molar-refractivity contribution in [2.75, 3.05) is 7.11 Å². The van der Waals surface area contributed by atoms with Crippen LogP contribution in [0.15, 0.2) is 45.7 Å². The molecule has 1 aliphatic rings. The Balaban J connectivity index is 1.58. The summed E-state index contributed by atoms with van der Waals surface area (Å²) in [6, 6.07) is 7.65. The van der Waals surface area contributed by atoms with E-state index in [1.807, 2.05) is 0 Å². The number of pyridine rings is 1. The molecule has 0 bridgehead atoms. The predicted molar refractivity (Wildman–Crippen MR) is 117 cm³/mol. The van der Waals surface area contributed by atoms with Crippen molar-refractivity contribution in [1.82, 2.24) is 19.7 Å². The Morgan fingerprint density at radius 2 is 2.06 bits per heavy atom. The van der Waals surface area contributed by atoms with Gasteiger partial charge in [-0.2, -0.15) is 0 Å². The van der Waals surface area contributed by atoms with Gasteiger partial charge >= 0.3 is 17.2 Å². The summed E-state index contributed by atoms with van der Waals surface area (Å²) in [5.74, 6) is -1.02. The van der Waals surface area contributed by atoms with Crippen molar-refractivity contribution < 1.29 is 23.7 Å². The fraction of sp³-hybridized carbons (Fsp3) is 0.286. The van der Waals surface area contributed by atoms with Crippen molar-refractivity contribution in [1.29, 1.82) is 0 Å². The molecular weight excluding hydrogens is 470 g/mol. The normalized spacial score (nSPS) is 12.9. The lowest BCUT2D eigenvalue weighted by molar-refractivity contribution is -0.386. The molecule has 0 unspecified atom stereocenters. The number of benzene rings is 1. The van der Waals surface area contributed by atoms with Gasteiger partial charge in [-0.1, -0.05) is 23.7 Å². The molecule has 12 nitrogen and oxygen atoms in total. The van der Waals surface area contributed by atoms with E-state index in [0.717, 1.165) is 36.8 Å². The molecule has 1 saturated carbocycles. The number of carbonyl (C=O) groups excluding carboxylic acids is 2. The summed E-state index contributed by atoms with van der Waals surface area (Å²) in [6.45, 7) is -0.541. The minimum atomic E-state index is -1.01. The van der Waals surface area contributed by atoms with E-state index < -0.39 is 34.6 Å². The fourth-order valence-corrected chi connectivity index (χ4v) is 3.56. The number of aromatic nitrogens is 3. The molecular formula is C21H18ClN5O7. The second kappa shape index (κ2) is 9.43. The maximum Gasteiger partial charge on any atom is 0.339 e. The number of hydrogen-bond donors (Lipinski definition) is 0. The Morgan fingerprint density at radius 3 is 2.71 bits per heavy atom. The first-order chi connectivity index (χ1) is 16.3. The Kier molecular flexibility index (Phi) is 6.41. The molecule has 1 amide bonds. The fourth-order valence-electron chi connectivity index (χ4n) is 3.35. The third-order valence-corrected chi connectivity index (χ3v) is 5.50. The number of halogens is 1. The highest BCUT2D eigenvalue weighted by atomic mass is 35.5. The molecule has 0 N–H and O–H groups in total. The summed E-state index contributed by atoms with van der Waals surface area (Å²) in [6.07, 6.45) is 2.55. The van der Waals surface area contributed by atoms with Crippen LogP contribution in [0.25, 0.3) is 11.5 Å². The van der Waals surface area contributed by atoms with Gasteiger partial charge in [0.05, 0.1) is 34.7 Å². The first-order valence-electron chi connectivity index (χ1n) is 10.1. The van der Waals surface area contributed by atoms with Crippen LogP contribution in [0, 0.1) is 10.1 Å². The number of methoxy groups -OCH3 is 1. The second-order valence-electron chi connectivity index (χ2n) is 7.53. The molecule has 0 saturated heterocycles. The van der Waals surface area contributed by atoms with Crippen LogP contribution in [0.3, 0.4) is 0 Å². The zero-order valence-electron chi connectivity index (χ0n) is 17.8. The molecule has 34 heavy (non-hydrogen) atoms. The van der Waals surface area contributed by atoms with E-state index in [1.165, 1.54) is 4.90 Å². The molecule has 1 aromatic carbocycles. The smallest absolute Gasteiger partial charge is 0.339 e. The van der Waals surface area contributed by atoms with Crippen molar-refractivity contribution in [2.24, 2.45) is 0 Å². The van der Waals surface area contributed by atoms with Gasteiger partial charge in [0.2, 0.25) is 17.7 Å². The molecule has 0 radical (unpaired) electrons. The van der Waals surface area contributed by atoms with Crippen LogP contribution in [0.2, 0.25) is 5.02 Å². The minimum Gasteiger partial charge on any atom is -0.465 e. The highest BCUT2D eigenvalue weighted by Crippen LogP contribution is 2.30. The van der Waals surface area contributed by atoms with E-state index in [0.29, 0.717) is 10.6 Å². The summed E-state index contributed by atoms with van der Waals surface area (Å²) >= 11 is 6.16. The summed E-state index contributed by atoms with van der Waals surface area (Å²) in [7, 11) is 1.10. The number of amides is 1. The van der Waals surface area contributed by atoms with Gasteiger partial charge in [0.1, 0.15) is 6.54 Å². The summed E-state index contributed by atoms with van der Waals surface area (Å²) in [5.41, 5.74) is -1.53. The predicted octanol–water partition coefficient (Wildman–Crippen LogP) is 2.44. The van der Waals surface area contributed by atoms with Crippen molar-refractivity contribution in [3.05, 3.63) is 73.5 Å². The van der Waals surface area contributed by atoms with Crippen LogP contribution in [-0.2, 0) is 22.6 Å². The topological polar surface area (TPSA) is 151 Å². The average molecular weight is 488 g/mol. The lowest BCUT2D eigenvalue weighted by Gasteiger charge is -2.21. The van der Waals surface area contributed by atoms with E-state index in [4.69, 9.17) is 16.0 Å². The van der Waals surface area contributed by atoms with E-state index in [2.05, 4.69) is 14.9 Å². The van der Waals surface area contributed by atoms with Gasteiger partial charge in [-0.05, 0) is 25.0 Å². The minimum absolute atomic E-state index is 0.0194. The van der Waals surface area contributed by atoms with Crippen molar-refractivity contribution in [2.45, 2.75) is 32.0 Å². The maximum absolute atomic E-state index is 13.1. The lowest BCUT2D eigenvalue weighted by atomic mass is 10.2. The number of nitrogens with zero attached hydrogens (tertiary/aromatic N) is 5. The number of hydrogen-bond acceptors (Lipinski definition) is 9. The molecule has 0 aliphatic heterocycles. The lowest BCUT2D eigenvalue weighted by Crippen LogP contribution is -2.38. The van der Waals surface area contributed by atoms with Gasteiger partial charge in [0.25, 0.3) is 0 Å². The van der Waals surface area contributed by atoms with Crippen LogP contribution < -0.4 is 5.56 Å². The first-order valence-corrected chi connectivity index (χ1v) is 10.5. The third-order valence-electron chi connectivity index (χ3n) is 5.18. The molecule has 176 valence electrons. The number of carbonyl (C=O) groups is 2. The molecule has 1 aliphatic carbocycles. The van der Waals surface area contributed by atoms with Crippen molar-refractivity contribution in [3.63, 3.8) is 0 Å². The van der Waals surface area contributed by atoms with E-state index in [-0.39, 0.29) is 29.9 Å².